The van der Waals surface area contributed by atoms with Crippen molar-refractivity contribution in [1.29, 1.82) is 0 Å². The Bertz CT molecular complexity index is 1600. The van der Waals surface area contributed by atoms with Gasteiger partial charge in [0.25, 0.3) is 0 Å². The van der Waals surface area contributed by atoms with Crippen molar-refractivity contribution in [3.8, 4) is 0 Å². The number of piperazine rings is 1. The van der Waals surface area contributed by atoms with Crippen LogP contribution in [0.3, 0.4) is 0 Å². The number of carbonyl (C=O) groups is 2. The highest BCUT2D eigenvalue weighted by molar-refractivity contribution is 5.81. The van der Waals surface area contributed by atoms with Crippen molar-refractivity contribution < 1.29 is 14.3 Å². The normalized spacial score (nSPS) is 15.3. The van der Waals surface area contributed by atoms with Crippen molar-refractivity contribution in [3.63, 3.8) is 0 Å². The lowest BCUT2D eigenvalue weighted by Gasteiger charge is -2.39. The number of carbonyl (C=O) groups excluding carboxylic acids is 2. The van der Waals surface area contributed by atoms with Crippen LogP contribution in [0, 0.1) is 0 Å². The van der Waals surface area contributed by atoms with Gasteiger partial charge in [0.05, 0.1) is 17.6 Å². The lowest BCUT2D eigenvalue weighted by atomic mass is 9.97. The van der Waals surface area contributed by atoms with Crippen LogP contribution in [0.2, 0.25) is 0 Å². The number of aryl methyl sites for hydroxylation is 1. The maximum Gasteiger partial charge on any atom is 0.410 e. The molecule has 6 rings (SSSR count). The van der Waals surface area contributed by atoms with E-state index in [9.17, 15) is 14.4 Å². The van der Waals surface area contributed by atoms with Crippen LogP contribution in [-0.2, 0) is 42.7 Å². The maximum absolute atomic E-state index is 13.2. The molecule has 9 nitrogen and oxygen atoms in total. The van der Waals surface area contributed by atoms with Crippen LogP contribution in [0.5, 0.6) is 0 Å². The van der Waals surface area contributed by atoms with Crippen molar-refractivity contribution in [2.75, 3.05) is 37.6 Å². The molecule has 0 unspecified atom stereocenters. The summed E-state index contributed by atoms with van der Waals surface area (Å²) in [5.74, 6) is -0.0551. The maximum atomic E-state index is 13.2. The van der Waals surface area contributed by atoms with Crippen molar-refractivity contribution in [1.82, 2.24) is 18.9 Å². The Morgan fingerprint density at radius 3 is 2.30 bits per heavy atom. The lowest BCUT2D eigenvalue weighted by molar-refractivity contribution is -0.132. The molecule has 3 aromatic carbocycles. The van der Waals surface area contributed by atoms with Crippen molar-refractivity contribution in [2.45, 2.75) is 26.1 Å². The van der Waals surface area contributed by atoms with Gasteiger partial charge in [-0.15, -0.1) is 0 Å². The molecule has 0 saturated carbocycles. The van der Waals surface area contributed by atoms with Crippen LogP contribution >= 0.6 is 0 Å². The quantitative estimate of drug-likeness (QED) is 0.389. The molecular formula is C31H33N5O4. The Labute approximate surface area is 232 Å². The fourth-order valence-corrected chi connectivity index (χ4v) is 5.77. The van der Waals surface area contributed by atoms with E-state index in [0.29, 0.717) is 39.3 Å². The van der Waals surface area contributed by atoms with E-state index in [0.717, 1.165) is 34.3 Å². The average Bonchev–Trinajstić information content (AvgIpc) is 3.24. The molecule has 0 N–H and O–H groups in total. The van der Waals surface area contributed by atoms with E-state index < -0.39 is 0 Å². The van der Waals surface area contributed by atoms with E-state index in [-0.39, 0.29) is 30.8 Å². The summed E-state index contributed by atoms with van der Waals surface area (Å²) in [6.07, 6.45) is 0.477. The summed E-state index contributed by atoms with van der Waals surface area (Å²) in [7, 11) is 1.73. The number of hydrogen-bond acceptors (Lipinski definition) is 5. The van der Waals surface area contributed by atoms with E-state index in [4.69, 9.17) is 4.74 Å². The summed E-state index contributed by atoms with van der Waals surface area (Å²) in [4.78, 5) is 44.8. The van der Waals surface area contributed by atoms with Gasteiger partial charge in [0.2, 0.25) is 5.91 Å². The van der Waals surface area contributed by atoms with Gasteiger partial charge in [0, 0.05) is 45.5 Å². The molecule has 2 aliphatic rings. The van der Waals surface area contributed by atoms with Gasteiger partial charge in [-0.3, -0.25) is 13.9 Å². The zero-order valence-corrected chi connectivity index (χ0v) is 22.7. The number of hydrogen-bond donors (Lipinski definition) is 0. The van der Waals surface area contributed by atoms with Crippen LogP contribution in [0.1, 0.15) is 16.7 Å². The summed E-state index contributed by atoms with van der Waals surface area (Å²) in [6.45, 7) is 3.93. The fraction of sp³-hybridized carbons (Fsp3) is 0.323. The molecule has 4 aromatic rings. The molecular weight excluding hydrogens is 506 g/mol. The van der Waals surface area contributed by atoms with Crippen LogP contribution in [-0.4, -0.2) is 63.7 Å². The lowest BCUT2D eigenvalue weighted by Crippen LogP contribution is -2.50. The van der Waals surface area contributed by atoms with Gasteiger partial charge in [-0.25, -0.2) is 9.59 Å². The predicted molar refractivity (Wildman–Crippen MR) is 153 cm³/mol. The molecule has 1 saturated heterocycles. The van der Waals surface area contributed by atoms with Crippen LogP contribution < -0.4 is 10.6 Å². The molecule has 3 heterocycles. The molecule has 0 aliphatic carbocycles. The first-order chi connectivity index (χ1) is 19.5. The molecule has 0 spiro atoms. The van der Waals surface area contributed by atoms with Crippen LogP contribution in [0.4, 0.5) is 10.5 Å². The summed E-state index contributed by atoms with van der Waals surface area (Å²) in [5.41, 5.74) is 5.87. The Morgan fingerprint density at radius 2 is 1.52 bits per heavy atom. The molecule has 2 amide bonds. The monoisotopic (exact) mass is 539 g/mol. The van der Waals surface area contributed by atoms with Crippen LogP contribution in [0.15, 0.2) is 77.6 Å². The van der Waals surface area contributed by atoms with Gasteiger partial charge in [-0.2, -0.15) is 0 Å². The second kappa shape index (κ2) is 10.9. The smallest absolute Gasteiger partial charge is 0.410 e. The van der Waals surface area contributed by atoms with Crippen molar-refractivity contribution in [3.05, 3.63) is 100.0 Å². The molecule has 206 valence electrons. The number of rotatable bonds is 5. The molecule has 2 aliphatic heterocycles. The molecule has 9 heteroatoms. The Balaban J connectivity index is 1.10. The SMILES string of the molecule is Cn1c(=O)n(CC(=O)N2CCN(c3cccc4c3CN(C(=O)OCc3ccccc3)CC4)CC2)c2ccccc21. The zero-order chi connectivity index (χ0) is 27.6. The first-order valence-corrected chi connectivity index (χ1v) is 13.7. The second-order valence-electron chi connectivity index (χ2n) is 10.4. The van der Waals surface area contributed by atoms with Gasteiger partial charge in [-0.1, -0.05) is 54.6 Å². The topological polar surface area (TPSA) is 80.0 Å². The summed E-state index contributed by atoms with van der Waals surface area (Å²) in [6, 6.07) is 23.5. The van der Waals surface area contributed by atoms with Gasteiger partial charge < -0.3 is 19.4 Å². The molecule has 0 radical (unpaired) electrons. The van der Waals surface area contributed by atoms with Gasteiger partial charge in [-0.05, 0) is 41.3 Å². The number of anilines is 1. The van der Waals surface area contributed by atoms with E-state index in [1.807, 2.05) is 59.5 Å². The average molecular weight is 540 g/mol. The number of ether oxygens (including phenoxy) is 1. The summed E-state index contributed by atoms with van der Waals surface area (Å²) in [5, 5.41) is 0. The first kappa shape index (κ1) is 25.7. The Hall–Kier alpha value is -4.53. The molecule has 0 atom stereocenters. The first-order valence-electron chi connectivity index (χ1n) is 13.7. The van der Waals surface area contributed by atoms with Gasteiger partial charge in [0.15, 0.2) is 0 Å². The molecule has 40 heavy (non-hydrogen) atoms. The second-order valence-corrected chi connectivity index (χ2v) is 10.4. The largest absolute Gasteiger partial charge is 0.445 e. The van der Waals surface area contributed by atoms with Crippen LogP contribution in [0.25, 0.3) is 11.0 Å². The minimum atomic E-state index is -0.302. The van der Waals surface area contributed by atoms with Gasteiger partial charge in [0.1, 0.15) is 13.2 Å². The van der Waals surface area contributed by atoms with Gasteiger partial charge >= 0.3 is 11.8 Å². The van der Waals surface area contributed by atoms with E-state index in [1.165, 1.54) is 5.56 Å². The molecule has 1 fully saturated rings. The number of fused-ring (bicyclic) bond motifs is 2. The minimum Gasteiger partial charge on any atom is -0.445 e. The fourth-order valence-electron chi connectivity index (χ4n) is 5.77. The van der Waals surface area contributed by atoms with Crippen molar-refractivity contribution >= 4 is 28.7 Å². The third kappa shape index (κ3) is 4.95. The number of amides is 2. The highest BCUT2D eigenvalue weighted by atomic mass is 16.6. The molecule has 1 aromatic heterocycles. The zero-order valence-electron chi connectivity index (χ0n) is 22.7. The van der Waals surface area contributed by atoms with Crippen molar-refractivity contribution in [2.24, 2.45) is 7.05 Å². The van der Waals surface area contributed by atoms with E-state index >= 15 is 0 Å². The number of aromatic nitrogens is 2. The highest BCUT2D eigenvalue weighted by Gasteiger charge is 2.28. The number of imidazole rings is 1. The number of benzene rings is 3. The third-order valence-electron chi connectivity index (χ3n) is 8.03. The van der Waals surface area contributed by atoms with E-state index in [2.05, 4.69) is 23.1 Å². The third-order valence-corrected chi connectivity index (χ3v) is 8.03. The number of nitrogens with zero attached hydrogens (tertiary/aromatic N) is 5. The Kier molecular flexibility index (Phi) is 7.02. The highest BCUT2D eigenvalue weighted by Crippen LogP contribution is 2.30. The number of para-hydroxylation sites is 2. The minimum absolute atomic E-state index is 0.0287. The summed E-state index contributed by atoms with van der Waals surface area (Å²) < 4.78 is 8.74. The van der Waals surface area contributed by atoms with E-state index in [1.54, 1.807) is 21.1 Å². The Morgan fingerprint density at radius 1 is 0.800 bits per heavy atom. The molecule has 0 bridgehead atoms. The standard InChI is InChI=1S/C31H33N5O4/c1-32-27-11-5-6-12-28(27)36(30(32)38)21-29(37)34-18-16-33(17-19-34)26-13-7-10-24-14-15-35(20-25(24)26)31(39)40-22-23-8-3-2-4-9-23/h2-13H,14-22H2,1H3. The predicted octanol–water partition coefficient (Wildman–Crippen LogP) is 3.38. The summed E-state index contributed by atoms with van der Waals surface area (Å²) >= 11 is 0.